The van der Waals surface area contributed by atoms with Gasteiger partial charge in [0.15, 0.2) is 0 Å². The minimum Gasteiger partial charge on any atom is -0.296 e. The number of fused-ring (bicyclic) bond motifs is 1. The normalized spacial score (nSPS) is 11.4. The maximum absolute atomic E-state index is 6.49. The number of pyridine rings is 1. The molecule has 3 rings (SSSR count). The average molecular weight is 301 g/mol. The van der Waals surface area contributed by atoms with Gasteiger partial charge >= 0.3 is 0 Å². The minimum atomic E-state index is 0.704. The van der Waals surface area contributed by atoms with Crippen LogP contribution in [0.4, 0.5) is 0 Å². The zero-order valence-electron chi connectivity index (χ0n) is 12.1. The molecule has 0 amide bonds. The number of aromatic amines is 1. The fraction of sp³-hybridized carbons (Fsp3) is 0.250. The van der Waals surface area contributed by atoms with Crippen molar-refractivity contribution in [3.05, 3.63) is 58.5 Å². The standard InChI is InChI=1S/C16H17ClN4/c1-11-13-5-3-4-6-14(13)20-15(16(11)17)10-21(2)9-12-7-18-19-8-12/h3-8H,9-10H2,1-2H3,(H,18,19). The number of para-hydroxylation sites is 1. The van der Waals surface area contributed by atoms with Crippen LogP contribution in [0.25, 0.3) is 10.9 Å². The van der Waals surface area contributed by atoms with E-state index in [0.29, 0.717) is 6.54 Å². The first kappa shape index (κ1) is 14.0. The molecule has 0 saturated heterocycles. The molecule has 21 heavy (non-hydrogen) atoms. The summed E-state index contributed by atoms with van der Waals surface area (Å²) >= 11 is 6.49. The van der Waals surface area contributed by atoms with Crippen LogP contribution in [0.5, 0.6) is 0 Å². The van der Waals surface area contributed by atoms with E-state index in [-0.39, 0.29) is 0 Å². The van der Waals surface area contributed by atoms with Crippen LogP contribution in [0.2, 0.25) is 5.02 Å². The van der Waals surface area contributed by atoms with Crippen LogP contribution >= 0.6 is 11.6 Å². The molecule has 0 saturated carbocycles. The Morgan fingerprint density at radius 1 is 1.24 bits per heavy atom. The number of nitrogens with one attached hydrogen (secondary N) is 1. The lowest BCUT2D eigenvalue weighted by atomic mass is 10.1. The van der Waals surface area contributed by atoms with Gasteiger partial charge in [0.25, 0.3) is 0 Å². The Kier molecular flexibility index (Phi) is 3.90. The van der Waals surface area contributed by atoms with Gasteiger partial charge in [0.2, 0.25) is 0 Å². The highest BCUT2D eigenvalue weighted by molar-refractivity contribution is 6.32. The molecule has 4 nitrogen and oxygen atoms in total. The Bertz CT molecular complexity index is 752. The number of aryl methyl sites for hydroxylation is 1. The molecule has 0 aliphatic carbocycles. The number of hydrogen-bond donors (Lipinski definition) is 1. The summed E-state index contributed by atoms with van der Waals surface area (Å²) in [5.41, 5.74) is 4.14. The predicted molar refractivity (Wildman–Crippen MR) is 85.2 cm³/mol. The summed E-state index contributed by atoms with van der Waals surface area (Å²) < 4.78 is 0. The summed E-state index contributed by atoms with van der Waals surface area (Å²) in [6, 6.07) is 8.10. The number of benzene rings is 1. The fourth-order valence-electron chi connectivity index (χ4n) is 2.51. The number of aromatic nitrogens is 3. The van der Waals surface area contributed by atoms with Crippen LogP contribution in [0, 0.1) is 6.92 Å². The van der Waals surface area contributed by atoms with Gasteiger partial charge in [-0.2, -0.15) is 5.10 Å². The third-order valence-corrected chi connectivity index (χ3v) is 4.07. The van der Waals surface area contributed by atoms with Crippen LogP contribution in [-0.2, 0) is 13.1 Å². The monoisotopic (exact) mass is 300 g/mol. The van der Waals surface area contributed by atoms with Gasteiger partial charge in [-0.15, -0.1) is 0 Å². The van der Waals surface area contributed by atoms with Crippen molar-refractivity contribution in [2.75, 3.05) is 7.05 Å². The van der Waals surface area contributed by atoms with Gasteiger partial charge in [-0.05, 0) is 25.6 Å². The number of H-pyrrole nitrogens is 1. The molecule has 3 aromatic rings. The molecule has 0 fully saturated rings. The summed E-state index contributed by atoms with van der Waals surface area (Å²) in [6.45, 7) is 3.56. The average Bonchev–Trinajstić information content (AvgIpc) is 2.97. The number of rotatable bonds is 4. The first-order chi connectivity index (χ1) is 10.1. The van der Waals surface area contributed by atoms with E-state index in [2.05, 4.69) is 28.2 Å². The van der Waals surface area contributed by atoms with E-state index in [1.807, 2.05) is 37.5 Å². The Labute approximate surface area is 128 Å². The number of halogens is 1. The van der Waals surface area contributed by atoms with E-state index in [1.165, 1.54) is 0 Å². The number of nitrogens with zero attached hydrogens (tertiary/aromatic N) is 3. The third-order valence-electron chi connectivity index (χ3n) is 3.57. The fourth-order valence-corrected chi connectivity index (χ4v) is 2.71. The van der Waals surface area contributed by atoms with Crippen molar-refractivity contribution in [3.63, 3.8) is 0 Å². The Morgan fingerprint density at radius 3 is 2.81 bits per heavy atom. The lowest BCUT2D eigenvalue weighted by molar-refractivity contribution is 0.315. The molecule has 1 aromatic carbocycles. The Morgan fingerprint density at radius 2 is 2.05 bits per heavy atom. The molecule has 1 N–H and O–H groups in total. The molecule has 5 heteroatoms. The molecule has 0 atom stereocenters. The highest BCUT2D eigenvalue weighted by Gasteiger charge is 2.12. The molecule has 2 heterocycles. The van der Waals surface area contributed by atoms with Gasteiger partial charge in [0.1, 0.15) is 0 Å². The van der Waals surface area contributed by atoms with Gasteiger partial charge in [-0.3, -0.25) is 10.00 Å². The SMILES string of the molecule is Cc1c(Cl)c(CN(C)Cc2cn[nH]c2)nc2ccccc12. The van der Waals surface area contributed by atoms with E-state index in [1.54, 1.807) is 0 Å². The first-order valence-corrected chi connectivity index (χ1v) is 7.23. The van der Waals surface area contributed by atoms with Crippen molar-refractivity contribution in [1.82, 2.24) is 20.1 Å². The summed E-state index contributed by atoms with van der Waals surface area (Å²) in [6.07, 6.45) is 3.73. The van der Waals surface area contributed by atoms with Crippen molar-refractivity contribution >= 4 is 22.5 Å². The molecular weight excluding hydrogens is 284 g/mol. The van der Waals surface area contributed by atoms with E-state index in [4.69, 9.17) is 16.6 Å². The van der Waals surface area contributed by atoms with Crippen LogP contribution in [0.15, 0.2) is 36.7 Å². The maximum atomic E-state index is 6.49. The molecule has 0 spiro atoms. The Balaban J connectivity index is 1.88. The predicted octanol–water partition coefficient (Wildman–Crippen LogP) is 3.55. The van der Waals surface area contributed by atoms with Gasteiger partial charge in [0.05, 0.1) is 22.4 Å². The van der Waals surface area contributed by atoms with Crippen LogP contribution in [0.3, 0.4) is 0 Å². The van der Waals surface area contributed by atoms with Gasteiger partial charge < -0.3 is 0 Å². The van der Waals surface area contributed by atoms with Crippen molar-refractivity contribution in [2.45, 2.75) is 20.0 Å². The third kappa shape index (κ3) is 2.91. The first-order valence-electron chi connectivity index (χ1n) is 6.85. The molecule has 0 aliphatic rings. The van der Waals surface area contributed by atoms with E-state index in [9.17, 15) is 0 Å². The second-order valence-corrected chi connectivity index (χ2v) is 5.67. The van der Waals surface area contributed by atoms with Crippen molar-refractivity contribution in [2.24, 2.45) is 0 Å². The Hall–Kier alpha value is -1.91. The molecule has 2 aromatic heterocycles. The van der Waals surface area contributed by atoms with Crippen molar-refractivity contribution in [3.8, 4) is 0 Å². The highest BCUT2D eigenvalue weighted by Crippen LogP contribution is 2.27. The molecule has 0 bridgehead atoms. The second kappa shape index (κ2) is 5.84. The smallest absolute Gasteiger partial charge is 0.0740 e. The summed E-state index contributed by atoms with van der Waals surface area (Å²) in [5.74, 6) is 0. The highest BCUT2D eigenvalue weighted by atomic mass is 35.5. The molecular formula is C16H17ClN4. The maximum Gasteiger partial charge on any atom is 0.0740 e. The van der Waals surface area contributed by atoms with E-state index < -0.39 is 0 Å². The zero-order chi connectivity index (χ0) is 14.8. The molecule has 0 aliphatic heterocycles. The summed E-state index contributed by atoms with van der Waals surface area (Å²) in [5, 5.41) is 8.66. The summed E-state index contributed by atoms with van der Waals surface area (Å²) in [7, 11) is 2.05. The number of hydrogen-bond acceptors (Lipinski definition) is 3. The van der Waals surface area contributed by atoms with E-state index in [0.717, 1.165) is 39.3 Å². The second-order valence-electron chi connectivity index (χ2n) is 5.29. The van der Waals surface area contributed by atoms with Gasteiger partial charge in [0, 0.05) is 30.2 Å². The lowest BCUT2D eigenvalue weighted by Gasteiger charge is -2.17. The molecule has 108 valence electrons. The zero-order valence-corrected chi connectivity index (χ0v) is 12.9. The largest absolute Gasteiger partial charge is 0.296 e. The minimum absolute atomic E-state index is 0.704. The topological polar surface area (TPSA) is 44.8 Å². The van der Waals surface area contributed by atoms with Gasteiger partial charge in [-0.25, -0.2) is 4.98 Å². The lowest BCUT2D eigenvalue weighted by Crippen LogP contribution is -2.18. The van der Waals surface area contributed by atoms with Crippen LogP contribution in [-0.4, -0.2) is 27.1 Å². The molecule has 0 unspecified atom stereocenters. The van der Waals surface area contributed by atoms with Crippen LogP contribution < -0.4 is 0 Å². The summed E-state index contributed by atoms with van der Waals surface area (Å²) in [4.78, 5) is 6.88. The van der Waals surface area contributed by atoms with Gasteiger partial charge in [-0.1, -0.05) is 29.8 Å². The van der Waals surface area contributed by atoms with E-state index >= 15 is 0 Å². The van der Waals surface area contributed by atoms with Crippen molar-refractivity contribution in [1.29, 1.82) is 0 Å². The molecule has 0 radical (unpaired) electrons. The van der Waals surface area contributed by atoms with Crippen LogP contribution in [0.1, 0.15) is 16.8 Å². The quantitative estimate of drug-likeness (QED) is 0.801. The van der Waals surface area contributed by atoms with Crippen molar-refractivity contribution < 1.29 is 0 Å².